The van der Waals surface area contributed by atoms with E-state index in [-0.39, 0.29) is 24.4 Å². The summed E-state index contributed by atoms with van der Waals surface area (Å²) in [5.41, 5.74) is 7.87. The van der Waals surface area contributed by atoms with Crippen molar-refractivity contribution in [3.8, 4) is 0 Å². The number of nitrogens with one attached hydrogen (secondary N) is 1. The molecule has 2 fully saturated rings. The molecule has 0 bridgehead atoms. The van der Waals surface area contributed by atoms with Crippen LogP contribution >= 0.6 is 35.9 Å². The molecule has 1 saturated heterocycles. The first kappa shape index (κ1) is 19.0. The Morgan fingerprint density at radius 3 is 2.48 bits per heavy atom. The van der Waals surface area contributed by atoms with E-state index in [0.717, 1.165) is 18.4 Å². The fourth-order valence-corrected chi connectivity index (χ4v) is 6.13. The van der Waals surface area contributed by atoms with Crippen LogP contribution < -0.4 is 11.1 Å². The van der Waals surface area contributed by atoms with Crippen molar-refractivity contribution in [3.05, 3.63) is 35.4 Å². The van der Waals surface area contributed by atoms with Crippen molar-refractivity contribution in [3.63, 3.8) is 0 Å². The molecular weight excluding hydrogens is 348 g/mol. The zero-order valence-corrected chi connectivity index (χ0v) is 15.7. The zero-order valence-electron chi connectivity index (χ0n) is 13.2. The van der Waals surface area contributed by atoms with Crippen molar-refractivity contribution < 1.29 is 4.79 Å². The van der Waals surface area contributed by atoms with Crippen LogP contribution in [0.15, 0.2) is 24.3 Å². The van der Waals surface area contributed by atoms with Gasteiger partial charge < -0.3 is 11.1 Å². The van der Waals surface area contributed by atoms with Gasteiger partial charge in [0.2, 0.25) is 0 Å². The van der Waals surface area contributed by atoms with E-state index in [0.29, 0.717) is 17.0 Å². The smallest absolute Gasteiger partial charge is 0.251 e. The lowest BCUT2D eigenvalue weighted by molar-refractivity contribution is 0.0929. The molecule has 1 heterocycles. The summed E-state index contributed by atoms with van der Waals surface area (Å²) in [5.74, 6) is 2.96. The van der Waals surface area contributed by atoms with Gasteiger partial charge in [0.15, 0.2) is 0 Å². The summed E-state index contributed by atoms with van der Waals surface area (Å²) < 4.78 is 0.530. The van der Waals surface area contributed by atoms with E-state index >= 15 is 0 Å². The van der Waals surface area contributed by atoms with Gasteiger partial charge in [0.25, 0.3) is 5.91 Å². The van der Waals surface area contributed by atoms with Crippen molar-refractivity contribution in [1.82, 2.24) is 5.32 Å². The molecule has 3 N–H and O–H groups in total. The number of carbonyl (C=O) groups excluding carboxylic acids is 1. The highest BCUT2D eigenvalue weighted by atomic mass is 35.5. The van der Waals surface area contributed by atoms with Crippen molar-refractivity contribution >= 4 is 41.8 Å². The van der Waals surface area contributed by atoms with Gasteiger partial charge in [0.05, 0.1) is 4.58 Å². The van der Waals surface area contributed by atoms with Gasteiger partial charge >= 0.3 is 0 Å². The predicted molar refractivity (Wildman–Crippen MR) is 104 cm³/mol. The lowest BCUT2D eigenvalue weighted by atomic mass is 10.0. The third kappa shape index (κ3) is 4.81. The van der Waals surface area contributed by atoms with Crippen LogP contribution in [0.3, 0.4) is 0 Å². The number of benzene rings is 1. The Kier molecular flexibility index (Phi) is 7.60. The summed E-state index contributed by atoms with van der Waals surface area (Å²) in [6.45, 7) is 0.667. The van der Waals surface area contributed by atoms with Crippen molar-refractivity contribution in [2.24, 2.45) is 11.7 Å². The van der Waals surface area contributed by atoms with Gasteiger partial charge in [-0.15, -0.1) is 35.9 Å². The van der Waals surface area contributed by atoms with E-state index in [1.165, 1.54) is 29.9 Å². The molecule has 1 aliphatic carbocycles. The van der Waals surface area contributed by atoms with E-state index < -0.39 is 0 Å². The first-order valence-electron chi connectivity index (χ1n) is 8.12. The van der Waals surface area contributed by atoms with Crippen LogP contribution in [0.4, 0.5) is 0 Å². The largest absolute Gasteiger partial charge is 0.349 e. The number of carbonyl (C=O) groups is 1. The second-order valence-electron chi connectivity index (χ2n) is 6.06. The molecule has 1 amide bonds. The molecule has 2 atom stereocenters. The molecule has 23 heavy (non-hydrogen) atoms. The van der Waals surface area contributed by atoms with Crippen molar-refractivity contribution in [2.75, 3.05) is 18.1 Å². The van der Waals surface area contributed by atoms with Crippen LogP contribution in [0, 0.1) is 5.92 Å². The minimum Gasteiger partial charge on any atom is -0.349 e. The molecule has 6 heteroatoms. The average molecular weight is 373 g/mol. The number of nitrogens with two attached hydrogens (primary N) is 1. The molecule has 0 aromatic heterocycles. The molecule has 1 aromatic rings. The fourth-order valence-electron chi connectivity index (χ4n) is 3.23. The third-order valence-electron chi connectivity index (χ3n) is 4.55. The normalized spacial score (nSPS) is 24.9. The van der Waals surface area contributed by atoms with E-state index in [9.17, 15) is 4.79 Å². The molecule has 1 aromatic carbocycles. The summed E-state index contributed by atoms with van der Waals surface area (Å²) in [6.07, 6.45) is 4.66. The first-order valence-corrected chi connectivity index (χ1v) is 10.2. The second-order valence-corrected chi connectivity index (χ2v) is 8.78. The lowest BCUT2D eigenvalue weighted by Gasteiger charge is -2.22. The summed E-state index contributed by atoms with van der Waals surface area (Å²) in [5, 5.41) is 3.17. The van der Waals surface area contributed by atoms with Crippen molar-refractivity contribution in [1.29, 1.82) is 0 Å². The molecular formula is C17H25ClN2OS2. The Morgan fingerprint density at radius 2 is 1.83 bits per heavy atom. The standard InChI is InChI=1S/C17H24N2OS2.ClH/c18-11-14-3-1-4-15(14)19-16(20)12-5-7-13(8-6-12)17-21-9-2-10-22-17;/h5-8,14-15,17H,1-4,9-11,18H2,(H,19,20);1H. The highest BCUT2D eigenvalue weighted by Gasteiger charge is 2.27. The summed E-state index contributed by atoms with van der Waals surface area (Å²) in [6, 6.07) is 8.40. The monoisotopic (exact) mass is 372 g/mol. The Hall–Kier alpha value is -0.360. The van der Waals surface area contributed by atoms with E-state index in [2.05, 4.69) is 17.4 Å². The SMILES string of the molecule is Cl.NCC1CCCC1NC(=O)c1ccc(C2SCCCS2)cc1. The molecule has 3 rings (SSSR count). The second kappa shape index (κ2) is 9.21. The number of hydrogen-bond donors (Lipinski definition) is 2. The minimum absolute atomic E-state index is 0. The highest BCUT2D eigenvalue weighted by Crippen LogP contribution is 2.43. The summed E-state index contributed by atoms with van der Waals surface area (Å²) >= 11 is 4.02. The van der Waals surface area contributed by atoms with Gasteiger partial charge in [0.1, 0.15) is 0 Å². The molecule has 1 saturated carbocycles. The number of thioether (sulfide) groups is 2. The van der Waals surface area contributed by atoms with Gasteiger partial charge in [-0.05, 0) is 60.9 Å². The summed E-state index contributed by atoms with van der Waals surface area (Å²) in [4.78, 5) is 12.4. The Morgan fingerprint density at radius 1 is 1.13 bits per heavy atom. The van der Waals surface area contributed by atoms with E-state index in [1.54, 1.807) is 0 Å². The van der Waals surface area contributed by atoms with Gasteiger partial charge in [-0.1, -0.05) is 18.6 Å². The Balaban J connectivity index is 0.00000192. The van der Waals surface area contributed by atoms with Crippen LogP contribution in [0.25, 0.3) is 0 Å². The van der Waals surface area contributed by atoms with Crippen LogP contribution in [0.5, 0.6) is 0 Å². The molecule has 3 nitrogen and oxygen atoms in total. The Bertz CT molecular complexity index is 506. The third-order valence-corrected chi connectivity index (χ3v) is 7.57. The topological polar surface area (TPSA) is 55.1 Å². The molecule has 2 aliphatic rings. The van der Waals surface area contributed by atoms with Crippen molar-refractivity contribution in [2.45, 2.75) is 36.3 Å². The number of halogens is 1. The number of amides is 1. The maximum Gasteiger partial charge on any atom is 0.251 e. The van der Waals surface area contributed by atoms with Gasteiger partial charge in [0, 0.05) is 11.6 Å². The summed E-state index contributed by atoms with van der Waals surface area (Å²) in [7, 11) is 0. The molecule has 0 radical (unpaired) electrons. The number of hydrogen-bond acceptors (Lipinski definition) is 4. The Labute approximate surface area is 153 Å². The van der Waals surface area contributed by atoms with E-state index in [4.69, 9.17) is 5.73 Å². The van der Waals surface area contributed by atoms with Crippen LogP contribution in [0.1, 0.15) is 46.2 Å². The molecule has 128 valence electrons. The zero-order chi connectivity index (χ0) is 15.4. The quantitative estimate of drug-likeness (QED) is 0.843. The van der Waals surface area contributed by atoms with E-state index in [1.807, 2.05) is 35.7 Å². The maximum atomic E-state index is 12.4. The first-order chi connectivity index (χ1) is 10.8. The number of rotatable bonds is 4. The average Bonchev–Trinajstić information content (AvgIpc) is 3.03. The predicted octanol–water partition coefficient (Wildman–Crippen LogP) is 3.83. The van der Waals surface area contributed by atoms with Gasteiger partial charge in [-0.25, -0.2) is 0 Å². The molecule has 0 spiro atoms. The van der Waals surface area contributed by atoms with Crippen LogP contribution in [-0.4, -0.2) is 30.0 Å². The van der Waals surface area contributed by atoms with Crippen LogP contribution in [0.2, 0.25) is 0 Å². The minimum atomic E-state index is 0. The fraction of sp³-hybridized carbons (Fsp3) is 0.588. The molecule has 2 unspecified atom stereocenters. The maximum absolute atomic E-state index is 12.4. The van der Waals surface area contributed by atoms with Crippen LogP contribution in [-0.2, 0) is 0 Å². The van der Waals surface area contributed by atoms with Gasteiger partial charge in [-0.2, -0.15) is 0 Å². The highest BCUT2D eigenvalue weighted by molar-refractivity contribution is 8.16. The van der Waals surface area contributed by atoms with Gasteiger partial charge in [-0.3, -0.25) is 4.79 Å². The molecule has 1 aliphatic heterocycles. The lowest BCUT2D eigenvalue weighted by Crippen LogP contribution is -2.39.